The van der Waals surface area contributed by atoms with Crippen molar-refractivity contribution in [2.24, 2.45) is 11.7 Å². The van der Waals surface area contributed by atoms with Gasteiger partial charge in [-0.05, 0) is 84.4 Å². The van der Waals surface area contributed by atoms with Gasteiger partial charge in [-0.2, -0.15) is 0 Å². The average molecular weight is 620 g/mol. The van der Waals surface area contributed by atoms with Gasteiger partial charge in [0.1, 0.15) is 23.6 Å². The predicted molar refractivity (Wildman–Crippen MR) is 178 cm³/mol. The number of para-hydroxylation sites is 1. The second-order valence-electron chi connectivity index (χ2n) is 12.2. The molecular formula is C37H41N5O4. The number of hydrogen-bond acceptors (Lipinski definition) is 6. The molecule has 0 bridgehead atoms. The number of nitrogens with two attached hydrogens (primary N) is 1. The molecular weight excluding hydrogens is 578 g/mol. The lowest BCUT2D eigenvalue weighted by molar-refractivity contribution is -0.142. The quantitative estimate of drug-likeness (QED) is 0.204. The van der Waals surface area contributed by atoms with Gasteiger partial charge in [-0.1, -0.05) is 72.8 Å². The fourth-order valence-corrected chi connectivity index (χ4v) is 6.51. The third-order valence-electron chi connectivity index (χ3n) is 9.01. The van der Waals surface area contributed by atoms with Crippen molar-refractivity contribution in [3.63, 3.8) is 0 Å². The number of nitrogens with one attached hydrogen (secondary N) is 3. The molecule has 2 heterocycles. The zero-order chi connectivity index (χ0) is 31.9. The van der Waals surface area contributed by atoms with Crippen LogP contribution in [0.1, 0.15) is 24.0 Å². The van der Waals surface area contributed by atoms with Gasteiger partial charge in [0.05, 0.1) is 12.6 Å². The second-order valence-corrected chi connectivity index (χ2v) is 12.2. The highest BCUT2D eigenvalue weighted by Gasteiger charge is 2.42. The van der Waals surface area contributed by atoms with E-state index in [9.17, 15) is 14.4 Å². The first kappa shape index (κ1) is 31.3. The molecule has 6 rings (SSSR count). The van der Waals surface area contributed by atoms with Crippen molar-refractivity contribution < 1.29 is 19.1 Å². The maximum absolute atomic E-state index is 13.8. The van der Waals surface area contributed by atoms with E-state index in [1.54, 1.807) is 4.90 Å². The molecule has 0 aliphatic carbocycles. The average Bonchev–Trinajstić information content (AvgIpc) is 3.09. The summed E-state index contributed by atoms with van der Waals surface area (Å²) in [6.45, 7) is 2.04. The van der Waals surface area contributed by atoms with Crippen molar-refractivity contribution >= 4 is 28.5 Å². The van der Waals surface area contributed by atoms with Crippen molar-refractivity contribution in [3.8, 4) is 11.5 Å². The predicted octanol–water partition coefficient (Wildman–Crippen LogP) is 3.56. The first-order valence-electron chi connectivity index (χ1n) is 16.1. The molecule has 0 spiro atoms. The van der Waals surface area contributed by atoms with Gasteiger partial charge in [0, 0.05) is 13.0 Å². The molecule has 3 amide bonds. The zero-order valence-electron chi connectivity index (χ0n) is 25.9. The van der Waals surface area contributed by atoms with E-state index in [-0.39, 0.29) is 30.2 Å². The third-order valence-corrected chi connectivity index (χ3v) is 9.01. The second kappa shape index (κ2) is 14.6. The van der Waals surface area contributed by atoms with Crippen LogP contribution in [0.4, 0.5) is 0 Å². The van der Waals surface area contributed by atoms with E-state index in [2.05, 4.69) is 22.0 Å². The van der Waals surface area contributed by atoms with Gasteiger partial charge in [-0.3, -0.25) is 14.4 Å². The molecule has 2 saturated heterocycles. The fourth-order valence-electron chi connectivity index (χ4n) is 6.51. The number of piperidine rings is 1. The van der Waals surface area contributed by atoms with Gasteiger partial charge in [0.15, 0.2) is 0 Å². The number of rotatable bonds is 11. The molecule has 2 aliphatic heterocycles. The van der Waals surface area contributed by atoms with Crippen LogP contribution in [0.5, 0.6) is 11.5 Å². The van der Waals surface area contributed by atoms with Gasteiger partial charge in [-0.25, -0.2) is 0 Å². The Morgan fingerprint density at radius 2 is 1.48 bits per heavy atom. The lowest BCUT2D eigenvalue weighted by atomic mass is 9.91. The highest BCUT2D eigenvalue weighted by Crippen LogP contribution is 2.25. The Hall–Kier alpha value is -4.73. The van der Waals surface area contributed by atoms with E-state index in [0.29, 0.717) is 25.1 Å². The molecule has 5 N–H and O–H groups in total. The summed E-state index contributed by atoms with van der Waals surface area (Å²) < 4.78 is 5.97. The molecule has 2 aliphatic rings. The number of ether oxygens (including phenoxy) is 1. The first-order chi connectivity index (χ1) is 22.5. The highest BCUT2D eigenvalue weighted by molar-refractivity contribution is 5.98. The Kier molecular flexibility index (Phi) is 9.91. The Balaban J connectivity index is 1.23. The van der Waals surface area contributed by atoms with Crippen molar-refractivity contribution in [3.05, 3.63) is 108 Å². The molecule has 46 heavy (non-hydrogen) atoms. The van der Waals surface area contributed by atoms with Crippen LogP contribution in [-0.2, 0) is 27.2 Å². The van der Waals surface area contributed by atoms with Gasteiger partial charge in [-0.15, -0.1) is 0 Å². The van der Waals surface area contributed by atoms with Gasteiger partial charge in [0.25, 0.3) is 0 Å². The number of amides is 3. The van der Waals surface area contributed by atoms with Crippen LogP contribution in [-0.4, -0.2) is 66.9 Å². The van der Waals surface area contributed by atoms with Crippen LogP contribution in [0.3, 0.4) is 0 Å². The minimum Gasteiger partial charge on any atom is -0.457 e. The summed E-state index contributed by atoms with van der Waals surface area (Å²) in [4.78, 5) is 42.6. The summed E-state index contributed by atoms with van der Waals surface area (Å²) in [5.41, 5.74) is 7.80. The number of benzene rings is 4. The summed E-state index contributed by atoms with van der Waals surface area (Å²) in [7, 11) is 0. The zero-order valence-corrected chi connectivity index (χ0v) is 25.9. The molecule has 4 aromatic carbocycles. The SMILES string of the molecule is NCC(=O)N(CC1CCNCC1)C(Cc1ccc(Oc2ccccc2)cc1)[C@@H]1NC(=O)[C@H](Cc2ccc3ccccc3c2)NC1=O. The van der Waals surface area contributed by atoms with Crippen molar-refractivity contribution in [2.45, 2.75) is 43.8 Å². The Bertz CT molecular complexity index is 1660. The minimum absolute atomic E-state index is 0.182. The molecule has 9 nitrogen and oxygen atoms in total. The third kappa shape index (κ3) is 7.55. The van der Waals surface area contributed by atoms with Crippen LogP contribution in [0, 0.1) is 5.92 Å². The van der Waals surface area contributed by atoms with Crippen LogP contribution in [0.15, 0.2) is 97.1 Å². The van der Waals surface area contributed by atoms with Gasteiger partial charge >= 0.3 is 0 Å². The largest absolute Gasteiger partial charge is 0.457 e. The smallest absolute Gasteiger partial charge is 0.245 e. The van der Waals surface area contributed by atoms with Gasteiger partial charge < -0.3 is 31.3 Å². The monoisotopic (exact) mass is 619 g/mol. The van der Waals surface area contributed by atoms with E-state index in [1.165, 1.54) is 0 Å². The molecule has 0 saturated carbocycles. The Morgan fingerprint density at radius 1 is 0.804 bits per heavy atom. The molecule has 1 unspecified atom stereocenters. The standard InChI is InChI=1S/C37H41N5O4/c38-23-34(43)42(24-26-16-18-39-19-17-26)33(22-25-11-14-31(15-12-25)46-30-8-2-1-3-9-30)35-37(45)40-32(36(44)41-35)21-27-10-13-28-6-4-5-7-29(28)20-27/h1-15,20,26,32-33,35,39H,16-19,21-24,38H2,(H,40,45)(H,41,44)/t32-,33?,35-/m0/s1. The van der Waals surface area contributed by atoms with Crippen LogP contribution < -0.4 is 26.4 Å². The lowest BCUT2D eigenvalue weighted by Crippen LogP contribution is -2.69. The van der Waals surface area contributed by atoms with Crippen LogP contribution in [0.25, 0.3) is 10.8 Å². The van der Waals surface area contributed by atoms with Crippen molar-refractivity contribution in [1.82, 2.24) is 20.9 Å². The number of carbonyl (C=O) groups excluding carboxylic acids is 3. The minimum atomic E-state index is -0.933. The lowest BCUT2D eigenvalue weighted by Gasteiger charge is -2.42. The molecule has 238 valence electrons. The van der Waals surface area contributed by atoms with E-state index >= 15 is 0 Å². The number of piperazine rings is 1. The van der Waals surface area contributed by atoms with Crippen molar-refractivity contribution in [1.29, 1.82) is 0 Å². The molecule has 0 aromatic heterocycles. The van der Waals surface area contributed by atoms with Crippen LogP contribution >= 0.6 is 0 Å². The number of fused-ring (bicyclic) bond motifs is 1. The fraction of sp³-hybridized carbons (Fsp3) is 0.324. The van der Waals surface area contributed by atoms with Crippen molar-refractivity contribution in [2.75, 3.05) is 26.2 Å². The number of carbonyl (C=O) groups is 3. The van der Waals surface area contributed by atoms with E-state index in [1.807, 2.05) is 91.0 Å². The first-order valence-corrected chi connectivity index (χ1v) is 16.1. The molecule has 4 aromatic rings. The number of nitrogens with zero attached hydrogens (tertiary/aromatic N) is 1. The maximum atomic E-state index is 13.8. The normalized spacial score (nSPS) is 19.2. The maximum Gasteiger partial charge on any atom is 0.245 e. The van der Waals surface area contributed by atoms with Gasteiger partial charge in [0.2, 0.25) is 17.7 Å². The summed E-state index contributed by atoms with van der Waals surface area (Å²) in [6, 6.07) is 29.0. The molecule has 0 radical (unpaired) electrons. The topological polar surface area (TPSA) is 126 Å². The number of hydrogen-bond donors (Lipinski definition) is 4. The summed E-state index contributed by atoms with van der Waals surface area (Å²) >= 11 is 0. The van der Waals surface area contributed by atoms with E-state index < -0.39 is 18.1 Å². The summed E-state index contributed by atoms with van der Waals surface area (Å²) in [6.07, 6.45) is 2.56. The van der Waals surface area contributed by atoms with E-state index in [0.717, 1.165) is 53.6 Å². The highest BCUT2D eigenvalue weighted by atomic mass is 16.5. The molecule has 9 heteroatoms. The summed E-state index contributed by atoms with van der Waals surface area (Å²) in [5.74, 6) is 0.860. The Morgan fingerprint density at radius 3 is 2.22 bits per heavy atom. The Labute approximate surface area is 269 Å². The molecule has 2 fully saturated rings. The van der Waals surface area contributed by atoms with Crippen LogP contribution in [0.2, 0.25) is 0 Å². The van der Waals surface area contributed by atoms with E-state index in [4.69, 9.17) is 10.5 Å². The molecule has 3 atom stereocenters. The summed E-state index contributed by atoms with van der Waals surface area (Å²) in [5, 5.41) is 11.6.